The summed E-state index contributed by atoms with van der Waals surface area (Å²) in [7, 11) is 3.02. The number of methoxy groups -OCH3 is 2. The number of Topliss-reactive ketones (excluding diaryl/α,β-unsaturated/α-hetero) is 1. The molecule has 2 atom stereocenters. The summed E-state index contributed by atoms with van der Waals surface area (Å²) in [6.45, 7) is 5.26. The number of ether oxygens (including phenoxy) is 4. The Balaban J connectivity index is 1.74. The number of anilines is 1. The molecule has 2 aromatic rings. The molecule has 0 aliphatic carbocycles. The van der Waals surface area contributed by atoms with E-state index >= 15 is 0 Å². The summed E-state index contributed by atoms with van der Waals surface area (Å²) < 4.78 is 23.2. The highest BCUT2D eigenvalue weighted by Gasteiger charge is 2.42. The second kappa shape index (κ2) is 14.9. The van der Waals surface area contributed by atoms with Crippen molar-refractivity contribution in [1.29, 1.82) is 0 Å². The third kappa shape index (κ3) is 8.10. The van der Waals surface area contributed by atoms with E-state index in [0.29, 0.717) is 46.2 Å². The average Bonchev–Trinajstić information content (AvgIpc) is 3.31. The molecule has 46 heavy (non-hydrogen) atoms. The van der Waals surface area contributed by atoms with Crippen molar-refractivity contribution < 1.29 is 43.2 Å². The zero-order valence-electron chi connectivity index (χ0n) is 26.5. The zero-order chi connectivity index (χ0) is 33.6. The van der Waals surface area contributed by atoms with E-state index in [9.17, 15) is 19.2 Å². The number of hydrogen-bond acceptors (Lipinski definition) is 10. The van der Waals surface area contributed by atoms with Crippen LogP contribution in [-0.2, 0) is 28.7 Å². The standard InChI is InChI=1S/C33H38ClN3O9/c1-19(38)45-18-33(2,3)17-37-25-14-13-20(34)15-22(25)30(21-9-8-11-26(43-4)31(21)44-5)46-27(32(37)42)16-24-29(41)23(35-36-24)10-6-7-12-28(39)40/h8-9,11,13-15,27,30H,6-7,10,12,16-18H2,1-5H3,(H,39,40)/t27-,30-/m1/s1. The van der Waals surface area contributed by atoms with Crippen LogP contribution in [0.1, 0.15) is 70.1 Å². The van der Waals surface area contributed by atoms with Gasteiger partial charge in [0.15, 0.2) is 11.5 Å². The van der Waals surface area contributed by atoms with Crippen LogP contribution >= 0.6 is 11.6 Å². The second-order valence-corrected chi connectivity index (χ2v) is 12.3. The van der Waals surface area contributed by atoms with Crippen molar-refractivity contribution in [3.63, 3.8) is 0 Å². The number of carbonyl (C=O) groups is 4. The highest BCUT2D eigenvalue weighted by Crippen LogP contribution is 2.45. The topological polar surface area (TPSA) is 153 Å². The molecule has 246 valence electrons. The SMILES string of the molecule is COc1cccc([C@H]2O[C@H](CC3=NN=C(CCCCC(=O)O)C3=O)C(=O)N(CC(C)(C)COC(C)=O)c3ccc(Cl)cc32)c1OC. The van der Waals surface area contributed by atoms with E-state index in [-0.39, 0.29) is 43.8 Å². The lowest BCUT2D eigenvalue weighted by atomic mass is 9.92. The van der Waals surface area contributed by atoms with Crippen molar-refractivity contribution in [3.05, 3.63) is 52.5 Å². The van der Waals surface area contributed by atoms with Gasteiger partial charge >= 0.3 is 11.9 Å². The van der Waals surface area contributed by atoms with Crippen LogP contribution in [0.5, 0.6) is 11.5 Å². The molecule has 2 heterocycles. The fourth-order valence-corrected chi connectivity index (χ4v) is 5.60. The van der Waals surface area contributed by atoms with Gasteiger partial charge in [-0.05, 0) is 43.5 Å². The van der Waals surface area contributed by atoms with E-state index in [1.165, 1.54) is 21.1 Å². The second-order valence-electron chi connectivity index (χ2n) is 11.9. The number of carbonyl (C=O) groups excluding carboxylic acids is 3. The van der Waals surface area contributed by atoms with Gasteiger partial charge in [-0.1, -0.05) is 37.6 Å². The van der Waals surface area contributed by atoms with E-state index in [4.69, 9.17) is 35.7 Å². The fourth-order valence-electron chi connectivity index (χ4n) is 5.42. The van der Waals surface area contributed by atoms with Gasteiger partial charge in [-0.15, -0.1) is 0 Å². The number of benzene rings is 2. The van der Waals surface area contributed by atoms with Crippen LogP contribution in [0.2, 0.25) is 5.02 Å². The van der Waals surface area contributed by atoms with Gasteiger partial charge in [0.05, 0.1) is 20.8 Å². The number of carboxylic acids is 1. The number of rotatable bonds is 14. The first-order valence-electron chi connectivity index (χ1n) is 14.9. The van der Waals surface area contributed by atoms with Crippen molar-refractivity contribution in [2.45, 2.75) is 65.1 Å². The number of unbranched alkanes of at least 4 members (excludes halogenated alkanes) is 1. The summed E-state index contributed by atoms with van der Waals surface area (Å²) >= 11 is 6.51. The number of para-hydroxylation sites is 1. The van der Waals surface area contributed by atoms with Crippen molar-refractivity contribution in [2.75, 3.05) is 32.3 Å². The van der Waals surface area contributed by atoms with Gasteiger partial charge in [0.1, 0.15) is 23.6 Å². The number of ketones is 1. The lowest BCUT2D eigenvalue weighted by Gasteiger charge is -2.33. The first-order chi connectivity index (χ1) is 21.8. The number of hydrogen-bond donors (Lipinski definition) is 1. The van der Waals surface area contributed by atoms with Gasteiger partial charge < -0.3 is 29.0 Å². The molecular formula is C33H38ClN3O9. The molecule has 0 saturated heterocycles. The molecule has 0 fully saturated rings. The highest BCUT2D eigenvalue weighted by atomic mass is 35.5. The average molecular weight is 656 g/mol. The number of fused-ring (bicyclic) bond motifs is 1. The van der Waals surface area contributed by atoms with Crippen molar-refractivity contribution in [3.8, 4) is 11.5 Å². The van der Waals surface area contributed by atoms with E-state index in [0.717, 1.165) is 0 Å². The van der Waals surface area contributed by atoms with E-state index in [2.05, 4.69) is 10.2 Å². The number of amides is 1. The van der Waals surface area contributed by atoms with Crippen LogP contribution in [0.25, 0.3) is 0 Å². The van der Waals surface area contributed by atoms with Crippen LogP contribution < -0.4 is 14.4 Å². The Morgan fingerprint density at radius 2 is 1.78 bits per heavy atom. The summed E-state index contributed by atoms with van der Waals surface area (Å²) in [5.41, 5.74) is 1.27. The summed E-state index contributed by atoms with van der Waals surface area (Å²) in [6.07, 6.45) is -1.15. The first-order valence-corrected chi connectivity index (χ1v) is 15.2. The molecule has 0 radical (unpaired) electrons. The van der Waals surface area contributed by atoms with Crippen molar-refractivity contribution >= 4 is 52.3 Å². The van der Waals surface area contributed by atoms with Crippen LogP contribution in [0.3, 0.4) is 0 Å². The molecule has 0 bridgehead atoms. The van der Waals surface area contributed by atoms with E-state index in [1.54, 1.807) is 41.3 Å². The van der Waals surface area contributed by atoms with Crippen LogP contribution in [0.4, 0.5) is 5.69 Å². The van der Waals surface area contributed by atoms with Gasteiger partial charge in [0, 0.05) is 53.6 Å². The Hall–Kier alpha value is -4.29. The summed E-state index contributed by atoms with van der Waals surface area (Å²) in [4.78, 5) is 51.8. The molecule has 0 aromatic heterocycles. The molecule has 4 rings (SSSR count). The molecule has 2 aliphatic rings. The number of esters is 1. The van der Waals surface area contributed by atoms with Gasteiger partial charge in [0.2, 0.25) is 5.78 Å². The minimum atomic E-state index is -1.19. The third-order valence-corrected chi connectivity index (χ3v) is 7.86. The molecular weight excluding hydrogens is 618 g/mol. The maximum Gasteiger partial charge on any atom is 0.303 e. The van der Waals surface area contributed by atoms with Gasteiger partial charge in [-0.25, -0.2) is 0 Å². The molecule has 2 aliphatic heterocycles. The van der Waals surface area contributed by atoms with Gasteiger partial charge in [0.25, 0.3) is 5.91 Å². The summed E-state index contributed by atoms with van der Waals surface area (Å²) in [6, 6.07) is 10.5. The molecule has 12 nitrogen and oxygen atoms in total. The predicted octanol–water partition coefficient (Wildman–Crippen LogP) is 5.18. The predicted molar refractivity (Wildman–Crippen MR) is 171 cm³/mol. The Morgan fingerprint density at radius 3 is 2.46 bits per heavy atom. The molecule has 13 heteroatoms. The van der Waals surface area contributed by atoms with Crippen molar-refractivity contribution in [2.24, 2.45) is 15.6 Å². The quantitative estimate of drug-likeness (QED) is 0.214. The summed E-state index contributed by atoms with van der Waals surface area (Å²) in [5.74, 6) is -1.34. The molecule has 0 saturated carbocycles. The monoisotopic (exact) mass is 655 g/mol. The van der Waals surface area contributed by atoms with Crippen LogP contribution in [0.15, 0.2) is 46.6 Å². The Morgan fingerprint density at radius 1 is 1.04 bits per heavy atom. The maximum absolute atomic E-state index is 14.5. The van der Waals surface area contributed by atoms with Gasteiger partial charge in [-0.3, -0.25) is 19.2 Å². The van der Waals surface area contributed by atoms with Gasteiger partial charge in [-0.2, -0.15) is 10.2 Å². The fraction of sp³-hybridized carbons (Fsp3) is 0.455. The van der Waals surface area contributed by atoms with Crippen LogP contribution in [-0.4, -0.2) is 73.6 Å². The zero-order valence-corrected chi connectivity index (χ0v) is 27.3. The highest BCUT2D eigenvalue weighted by molar-refractivity contribution is 6.68. The minimum Gasteiger partial charge on any atom is -0.493 e. The van der Waals surface area contributed by atoms with E-state index < -0.39 is 41.3 Å². The Bertz CT molecular complexity index is 1570. The van der Waals surface area contributed by atoms with Crippen molar-refractivity contribution in [1.82, 2.24) is 0 Å². The lowest BCUT2D eigenvalue weighted by molar-refractivity contribution is -0.144. The number of halogens is 1. The maximum atomic E-state index is 14.5. The normalized spacial score (nSPS) is 18.0. The van der Waals surface area contributed by atoms with Crippen LogP contribution in [0, 0.1) is 5.41 Å². The Kier molecular flexibility index (Phi) is 11.2. The molecule has 2 aromatic carbocycles. The first kappa shape index (κ1) is 34.6. The molecule has 1 amide bonds. The Labute approximate surface area is 272 Å². The number of aliphatic carboxylic acids is 1. The minimum absolute atomic E-state index is 0.0110. The molecule has 1 N–H and O–H groups in total. The lowest BCUT2D eigenvalue weighted by Crippen LogP contribution is -2.46. The van der Waals surface area contributed by atoms with E-state index in [1.807, 2.05) is 13.8 Å². The number of carboxylic acid groups (broad SMARTS) is 1. The molecule has 0 spiro atoms. The smallest absolute Gasteiger partial charge is 0.303 e. The largest absolute Gasteiger partial charge is 0.493 e. The third-order valence-electron chi connectivity index (χ3n) is 7.62. The summed E-state index contributed by atoms with van der Waals surface area (Å²) in [5, 5.41) is 17.5. The molecule has 0 unspecified atom stereocenters. The number of nitrogens with zero attached hydrogens (tertiary/aromatic N) is 3.